The third kappa shape index (κ3) is 10.8. The molecule has 3 aromatic carbocycles. The fourth-order valence-corrected chi connectivity index (χ4v) is 7.80. The molecule has 0 spiro atoms. The Labute approximate surface area is 311 Å². The highest BCUT2D eigenvalue weighted by molar-refractivity contribution is 7.89. The molecule has 3 atom stereocenters. The zero-order valence-corrected chi connectivity index (χ0v) is 31.2. The van der Waals surface area contributed by atoms with Crippen molar-refractivity contribution in [1.82, 2.24) is 19.4 Å². The van der Waals surface area contributed by atoms with Crippen LogP contribution in [0.5, 0.6) is 5.75 Å². The molecule has 0 radical (unpaired) electrons. The van der Waals surface area contributed by atoms with Gasteiger partial charge in [0.25, 0.3) is 5.91 Å². The lowest BCUT2D eigenvalue weighted by atomic mass is 9.97. The second-order valence-corrected chi connectivity index (χ2v) is 15.9. The molecule has 1 heterocycles. The van der Waals surface area contributed by atoms with Crippen molar-refractivity contribution >= 4 is 45.2 Å². The second kappa shape index (κ2) is 17.2. The molecule has 4 rings (SSSR count). The molecule has 0 bridgehead atoms. The number of benzene rings is 3. The van der Waals surface area contributed by atoms with Crippen LogP contribution in [0.4, 0.5) is 23.7 Å². The molecule has 0 aromatic heterocycles. The summed E-state index contributed by atoms with van der Waals surface area (Å²) in [6, 6.07) is 14.6. The number of amides is 4. The lowest BCUT2D eigenvalue weighted by molar-refractivity contribution is -0.274. The van der Waals surface area contributed by atoms with Crippen molar-refractivity contribution in [3.05, 3.63) is 88.9 Å². The number of carbonyl (C=O) groups excluding carboxylic acids is 3. The van der Waals surface area contributed by atoms with Gasteiger partial charge in [0.1, 0.15) is 18.3 Å². The number of carbonyl (C=O) groups is 3. The molecule has 4 amide bonds. The average Bonchev–Trinajstić information content (AvgIpc) is 3.32. The van der Waals surface area contributed by atoms with Gasteiger partial charge in [0.15, 0.2) is 0 Å². The zero-order chi connectivity index (χ0) is 39.2. The van der Waals surface area contributed by atoms with Gasteiger partial charge in [-0.2, -0.15) is 4.31 Å². The van der Waals surface area contributed by atoms with E-state index >= 15 is 0 Å². The van der Waals surface area contributed by atoms with Crippen LogP contribution in [0.3, 0.4) is 0 Å². The van der Waals surface area contributed by atoms with Gasteiger partial charge in [-0.05, 0) is 59.7 Å². The van der Waals surface area contributed by atoms with Gasteiger partial charge < -0.3 is 25.8 Å². The summed E-state index contributed by atoms with van der Waals surface area (Å²) in [7, 11) is -4.20. The molecule has 12 nitrogen and oxygen atoms in total. The van der Waals surface area contributed by atoms with Crippen LogP contribution in [0.2, 0.25) is 5.02 Å². The second-order valence-electron chi connectivity index (χ2n) is 13.5. The summed E-state index contributed by atoms with van der Waals surface area (Å²) in [4.78, 5) is 42.6. The summed E-state index contributed by atoms with van der Waals surface area (Å²) in [5.41, 5.74) is 6.87. The van der Waals surface area contributed by atoms with Crippen molar-refractivity contribution < 1.29 is 45.8 Å². The molecule has 4 N–H and O–H groups in total. The first-order valence-electron chi connectivity index (χ1n) is 16.8. The van der Waals surface area contributed by atoms with Crippen molar-refractivity contribution in [2.24, 2.45) is 11.8 Å². The van der Waals surface area contributed by atoms with Gasteiger partial charge in [-0.1, -0.05) is 81.8 Å². The van der Waals surface area contributed by atoms with Gasteiger partial charge in [-0.25, -0.2) is 13.2 Å². The van der Waals surface area contributed by atoms with Crippen LogP contribution in [-0.4, -0.2) is 89.7 Å². The van der Waals surface area contributed by atoms with Crippen LogP contribution in [-0.2, 0) is 32.6 Å². The van der Waals surface area contributed by atoms with Gasteiger partial charge in [0.05, 0.1) is 34.3 Å². The van der Waals surface area contributed by atoms with E-state index in [0.717, 1.165) is 31.8 Å². The number of anilines is 1. The van der Waals surface area contributed by atoms with Gasteiger partial charge in [0.2, 0.25) is 15.9 Å². The number of nitrogen functional groups attached to an aromatic ring is 1. The summed E-state index contributed by atoms with van der Waals surface area (Å²) < 4.78 is 71.1. The zero-order valence-electron chi connectivity index (χ0n) is 29.6. The summed E-state index contributed by atoms with van der Waals surface area (Å²) in [5, 5.41) is 14.7. The highest BCUT2D eigenvalue weighted by Gasteiger charge is 2.44. The van der Waals surface area contributed by atoms with Crippen molar-refractivity contribution in [3.8, 4) is 5.75 Å². The van der Waals surface area contributed by atoms with Crippen molar-refractivity contribution in [3.63, 3.8) is 0 Å². The topological polar surface area (TPSA) is 163 Å². The smallest absolute Gasteiger partial charge is 0.406 e. The predicted octanol–water partition coefficient (Wildman–Crippen LogP) is 5.04. The number of nitrogens with zero attached hydrogens (tertiary/aromatic N) is 3. The fourth-order valence-electron chi connectivity index (χ4n) is 6.03. The molecule has 1 aliphatic heterocycles. The molecular weight excluding hydrogens is 739 g/mol. The Bertz CT molecular complexity index is 1880. The maximum absolute atomic E-state index is 14.1. The minimum atomic E-state index is -4.94. The molecule has 1 fully saturated rings. The number of nitrogens with one attached hydrogen (secondary N) is 1. The van der Waals surface area contributed by atoms with Crippen molar-refractivity contribution in [2.75, 3.05) is 25.4 Å². The van der Waals surface area contributed by atoms with E-state index in [-0.39, 0.29) is 46.6 Å². The number of ether oxygens (including phenoxy) is 1. The van der Waals surface area contributed by atoms with Crippen LogP contribution in [0.1, 0.15) is 38.8 Å². The van der Waals surface area contributed by atoms with Gasteiger partial charge >= 0.3 is 12.4 Å². The summed E-state index contributed by atoms with van der Waals surface area (Å²) in [6.07, 6.45) is -6.31. The van der Waals surface area contributed by atoms with Crippen LogP contribution in [0.25, 0.3) is 0 Å². The normalized spacial score (nSPS) is 15.7. The quantitative estimate of drug-likeness (QED) is 0.135. The monoisotopic (exact) mass is 781 g/mol. The number of rotatable bonds is 16. The minimum Gasteiger partial charge on any atom is -0.406 e. The number of halogens is 4. The Morgan fingerprint density at radius 1 is 1.00 bits per heavy atom. The van der Waals surface area contributed by atoms with E-state index in [1.807, 2.05) is 13.8 Å². The molecule has 1 saturated heterocycles. The Hall–Kier alpha value is -4.38. The highest BCUT2D eigenvalue weighted by Crippen LogP contribution is 2.28. The lowest BCUT2D eigenvalue weighted by Crippen LogP contribution is -2.57. The highest BCUT2D eigenvalue weighted by atomic mass is 35.5. The van der Waals surface area contributed by atoms with Crippen LogP contribution >= 0.6 is 11.6 Å². The Morgan fingerprint density at radius 3 is 2.26 bits per heavy atom. The first-order chi connectivity index (χ1) is 24.8. The molecule has 3 aromatic rings. The lowest BCUT2D eigenvalue weighted by Gasteiger charge is -2.34. The standard InChI is InChI=1S/C36H43ClF3N5O7S/c1-22(2)18-43(53(50,51)27-13-14-28(37)29(41)17-27)20-31(46)30(16-24-9-6-5-7-10-24)42-34(48)33(23(3)4)45-21-32(47)44(35(45)49)19-25-11-8-12-26(15-25)52-36(38,39)40/h5-15,17,22-23,30-31,33,46H,16,18-21,41H2,1-4H3,(H,42,48)/t30-,31+,33-/m0/s1. The van der Waals surface area contributed by atoms with Crippen LogP contribution < -0.4 is 15.8 Å². The largest absolute Gasteiger partial charge is 0.573 e. The van der Waals surface area contributed by atoms with Gasteiger partial charge in [-0.3, -0.25) is 14.5 Å². The van der Waals surface area contributed by atoms with E-state index in [0.29, 0.717) is 0 Å². The first kappa shape index (κ1) is 41.4. The number of aliphatic hydroxyl groups excluding tert-OH is 1. The number of hydrogen-bond acceptors (Lipinski definition) is 8. The van der Waals surface area contributed by atoms with E-state index in [9.17, 15) is 41.1 Å². The van der Waals surface area contributed by atoms with Gasteiger partial charge in [-0.15, -0.1) is 13.2 Å². The number of aliphatic hydroxyl groups is 1. The molecule has 1 aliphatic rings. The van der Waals surface area contributed by atoms with E-state index in [1.165, 1.54) is 30.3 Å². The fraction of sp³-hybridized carbons (Fsp3) is 0.417. The van der Waals surface area contributed by atoms with Crippen molar-refractivity contribution in [1.29, 1.82) is 0 Å². The number of sulfonamides is 1. The first-order valence-corrected chi connectivity index (χ1v) is 18.6. The number of hydrogen-bond donors (Lipinski definition) is 3. The van der Waals surface area contributed by atoms with E-state index in [4.69, 9.17) is 17.3 Å². The molecule has 17 heteroatoms. The number of alkyl halides is 3. The van der Waals surface area contributed by atoms with E-state index < -0.39 is 77.2 Å². The Kier molecular flexibility index (Phi) is 13.4. The predicted molar refractivity (Wildman–Crippen MR) is 192 cm³/mol. The van der Waals surface area contributed by atoms with E-state index in [1.54, 1.807) is 44.2 Å². The molecule has 53 heavy (non-hydrogen) atoms. The number of imide groups is 1. The molecule has 0 unspecified atom stereocenters. The van der Waals surface area contributed by atoms with Gasteiger partial charge in [0, 0.05) is 13.1 Å². The summed E-state index contributed by atoms with van der Waals surface area (Å²) in [5.74, 6) is -2.60. The third-order valence-electron chi connectivity index (χ3n) is 8.45. The third-order valence-corrected chi connectivity index (χ3v) is 10.6. The summed E-state index contributed by atoms with van der Waals surface area (Å²) >= 11 is 6.03. The average molecular weight is 782 g/mol. The Balaban J connectivity index is 1.59. The summed E-state index contributed by atoms with van der Waals surface area (Å²) in [6.45, 7) is 5.71. The van der Waals surface area contributed by atoms with Crippen molar-refractivity contribution in [2.45, 2.75) is 70.1 Å². The molecule has 0 saturated carbocycles. The maximum Gasteiger partial charge on any atom is 0.573 e. The molecule has 0 aliphatic carbocycles. The minimum absolute atomic E-state index is 0.0218. The number of urea groups is 1. The number of nitrogens with two attached hydrogens (primary N) is 1. The van der Waals surface area contributed by atoms with Crippen LogP contribution in [0, 0.1) is 11.8 Å². The van der Waals surface area contributed by atoms with E-state index in [2.05, 4.69) is 10.1 Å². The maximum atomic E-state index is 14.1. The molecular formula is C36H43ClF3N5O7S. The molecule has 288 valence electrons. The SMILES string of the molecule is CC(C)CN(C[C@@H](O)[C@H](Cc1ccccc1)NC(=O)[C@H](C(C)C)N1CC(=O)N(Cc2cccc(OC(F)(F)F)c2)C1=O)S(=O)(=O)c1ccc(Cl)c(N)c1. The van der Waals surface area contributed by atoms with Crippen LogP contribution in [0.15, 0.2) is 77.7 Å². The Morgan fingerprint density at radius 2 is 1.66 bits per heavy atom.